The second kappa shape index (κ2) is 13.4. The summed E-state index contributed by atoms with van der Waals surface area (Å²) in [5.74, 6) is -0.824. The van der Waals surface area contributed by atoms with Gasteiger partial charge in [0.15, 0.2) is 17.3 Å². The van der Waals surface area contributed by atoms with E-state index in [0.717, 1.165) is 24.0 Å². The molecule has 0 bridgehead atoms. The third-order valence-corrected chi connectivity index (χ3v) is 7.20. The molecule has 5 rings (SSSR count). The van der Waals surface area contributed by atoms with E-state index in [-0.39, 0.29) is 30.0 Å². The van der Waals surface area contributed by atoms with Crippen molar-refractivity contribution >= 4 is 16.7 Å². The molecule has 3 heterocycles. The van der Waals surface area contributed by atoms with Crippen LogP contribution in [-0.2, 0) is 6.54 Å². The number of hydrogen-bond donors (Lipinski definition) is 2. The van der Waals surface area contributed by atoms with Crippen LogP contribution in [0.25, 0.3) is 22.3 Å². The highest BCUT2D eigenvalue weighted by Gasteiger charge is 2.23. The summed E-state index contributed by atoms with van der Waals surface area (Å²) in [5, 5.41) is 25.9. The van der Waals surface area contributed by atoms with Crippen molar-refractivity contribution in [2.24, 2.45) is 0 Å². The minimum atomic E-state index is -0.567. The van der Waals surface area contributed by atoms with E-state index in [4.69, 9.17) is 4.74 Å². The van der Waals surface area contributed by atoms with E-state index >= 15 is 4.39 Å². The summed E-state index contributed by atoms with van der Waals surface area (Å²) in [5.41, 5.74) is 3.51. The van der Waals surface area contributed by atoms with E-state index in [0.29, 0.717) is 53.2 Å². The van der Waals surface area contributed by atoms with Crippen LogP contribution in [0.3, 0.4) is 0 Å². The number of pyridine rings is 1. The number of aryl methyl sites for hydroxylation is 1. The van der Waals surface area contributed by atoms with Gasteiger partial charge in [0, 0.05) is 55.3 Å². The summed E-state index contributed by atoms with van der Waals surface area (Å²) in [7, 11) is 0. The number of aliphatic hydroxyl groups is 1. The maximum Gasteiger partial charge on any atom is 0.247 e. The van der Waals surface area contributed by atoms with Gasteiger partial charge in [-0.3, -0.25) is 0 Å². The lowest BCUT2D eigenvalue weighted by Crippen LogP contribution is -2.37. The predicted molar refractivity (Wildman–Crippen MR) is 157 cm³/mol. The van der Waals surface area contributed by atoms with Gasteiger partial charge >= 0.3 is 0 Å². The fourth-order valence-electron chi connectivity index (χ4n) is 5.00. The van der Waals surface area contributed by atoms with Gasteiger partial charge in [0.25, 0.3) is 0 Å². The quantitative estimate of drug-likeness (QED) is 0.122. The molecule has 0 fully saturated rings. The Morgan fingerprint density at radius 3 is 2.64 bits per heavy atom. The fraction of sp³-hybridized carbons (Fsp3) is 0.281. The number of fused-ring (bicyclic) bond motifs is 1. The predicted octanol–water partition coefficient (Wildman–Crippen LogP) is 6.57. The lowest BCUT2D eigenvalue weighted by Gasteiger charge is -2.19. The Balaban J connectivity index is 1.33. The second-order valence-electron chi connectivity index (χ2n) is 10.1. The average molecular weight is 574 g/mol. The first-order valence-corrected chi connectivity index (χ1v) is 14.1. The molecule has 218 valence electrons. The van der Waals surface area contributed by atoms with Gasteiger partial charge < -0.3 is 24.9 Å². The molecule has 0 aliphatic heterocycles. The molecule has 8 nitrogen and oxygen atoms in total. The van der Waals surface area contributed by atoms with Crippen LogP contribution < -0.4 is 14.8 Å². The third-order valence-electron chi connectivity index (χ3n) is 7.20. The summed E-state index contributed by atoms with van der Waals surface area (Å²) >= 11 is 0. The van der Waals surface area contributed by atoms with Crippen molar-refractivity contribution in [1.82, 2.24) is 14.5 Å². The molecule has 5 aromatic rings. The second-order valence-corrected chi connectivity index (χ2v) is 10.1. The Labute approximate surface area is 242 Å². The number of hydrogen-bond acceptors (Lipinski definition) is 6. The molecule has 0 aliphatic carbocycles. The Hall–Kier alpha value is -4.57. The first kappa shape index (κ1) is 28.9. The number of halogens is 2. The first-order valence-electron chi connectivity index (χ1n) is 14.1. The zero-order chi connectivity index (χ0) is 29.5. The third kappa shape index (κ3) is 6.49. The SMILES string of the molecule is CCCCC(CNc1ccc(Oc2ncnc3ccn(CCCO)c23)c(F)c1)c1cccc(-c2ccc(F)cc2)[n+]1[O-]. The molecule has 0 radical (unpaired) electrons. The molecule has 0 aliphatic rings. The maximum atomic E-state index is 15.2. The lowest BCUT2D eigenvalue weighted by atomic mass is 9.96. The van der Waals surface area contributed by atoms with Crippen molar-refractivity contribution in [3.05, 3.63) is 102 Å². The van der Waals surface area contributed by atoms with Crippen LogP contribution >= 0.6 is 0 Å². The Bertz CT molecular complexity index is 1640. The van der Waals surface area contributed by atoms with Gasteiger partial charge in [-0.05, 0) is 61.4 Å². The van der Waals surface area contributed by atoms with Crippen molar-refractivity contribution in [3.63, 3.8) is 0 Å². The summed E-state index contributed by atoms with van der Waals surface area (Å²) in [6.07, 6.45) is 6.40. The highest BCUT2D eigenvalue weighted by Crippen LogP contribution is 2.31. The smallest absolute Gasteiger partial charge is 0.247 e. The first-order chi connectivity index (χ1) is 20.5. The van der Waals surface area contributed by atoms with Crippen LogP contribution in [0.2, 0.25) is 0 Å². The Kier molecular flexibility index (Phi) is 9.23. The Morgan fingerprint density at radius 1 is 1.05 bits per heavy atom. The standard InChI is InChI=1S/C32H33F2N5O3/c1-2-3-6-23(29-8-4-7-28(39(29)41)22-9-11-24(33)12-10-22)20-35-25-13-14-30(26(34)19-25)42-32-31-27(36-21-37-32)15-17-38(31)16-5-18-40/h4,7-15,17,19,21,23,35,40H,2-3,5-6,16,18,20H2,1H3. The fourth-order valence-corrected chi connectivity index (χ4v) is 5.00. The molecular weight excluding hydrogens is 540 g/mol. The van der Waals surface area contributed by atoms with Gasteiger partial charge in [-0.15, -0.1) is 0 Å². The van der Waals surface area contributed by atoms with Crippen molar-refractivity contribution < 1.29 is 23.4 Å². The highest BCUT2D eigenvalue weighted by molar-refractivity contribution is 5.80. The van der Waals surface area contributed by atoms with Gasteiger partial charge in [0.05, 0.1) is 11.4 Å². The number of nitrogens with zero attached hydrogens (tertiary/aromatic N) is 4. The summed E-state index contributed by atoms with van der Waals surface area (Å²) in [4.78, 5) is 8.47. The van der Waals surface area contributed by atoms with Crippen LogP contribution in [0.5, 0.6) is 11.6 Å². The molecule has 2 N–H and O–H groups in total. The van der Waals surface area contributed by atoms with Crippen molar-refractivity contribution in [1.29, 1.82) is 0 Å². The Morgan fingerprint density at radius 2 is 1.88 bits per heavy atom. The van der Waals surface area contributed by atoms with Crippen LogP contribution in [0.15, 0.2) is 79.3 Å². The van der Waals surface area contributed by atoms with E-state index in [2.05, 4.69) is 22.2 Å². The number of aromatic nitrogens is 4. The normalized spacial score (nSPS) is 12.0. The minimum Gasteiger partial charge on any atom is -0.618 e. The van der Waals surface area contributed by atoms with Gasteiger partial charge in [-0.1, -0.05) is 19.8 Å². The molecule has 42 heavy (non-hydrogen) atoms. The molecule has 3 aromatic heterocycles. The van der Waals surface area contributed by atoms with Crippen LogP contribution in [0.1, 0.15) is 44.2 Å². The van der Waals surface area contributed by atoms with Crippen molar-refractivity contribution in [3.8, 4) is 22.9 Å². The van der Waals surface area contributed by atoms with Crippen LogP contribution in [-0.4, -0.2) is 32.8 Å². The average Bonchev–Trinajstić information content (AvgIpc) is 3.42. The number of aliphatic hydroxyl groups excluding tert-OH is 1. The van der Waals surface area contributed by atoms with Gasteiger partial charge in [-0.25, -0.2) is 13.8 Å². The number of anilines is 1. The van der Waals surface area contributed by atoms with E-state index in [9.17, 15) is 14.7 Å². The van der Waals surface area contributed by atoms with Gasteiger partial charge in [-0.2, -0.15) is 9.71 Å². The molecule has 0 spiro atoms. The van der Waals surface area contributed by atoms with Crippen LogP contribution in [0, 0.1) is 16.8 Å². The number of unbranched alkanes of at least 4 members (excludes halogenated alkanes) is 1. The van der Waals surface area contributed by atoms with Gasteiger partial charge in [0.1, 0.15) is 17.7 Å². The van der Waals surface area contributed by atoms with E-state index in [1.54, 1.807) is 30.3 Å². The molecule has 0 saturated heterocycles. The van der Waals surface area contributed by atoms with E-state index in [1.165, 1.54) is 30.6 Å². The monoisotopic (exact) mass is 573 g/mol. The summed E-state index contributed by atoms with van der Waals surface area (Å²) < 4.78 is 37.3. The van der Waals surface area contributed by atoms with Crippen LogP contribution in [0.4, 0.5) is 14.5 Å². The van der Waals surface area contributed by atoms with Crippen molar-refractivity contribution in [2.45, 2.75) is 45.1 Å². The molecule has 2 aromatic carbocycles. The number of nitrogens with one attached hydrogen (secondary N) is 1. The van der Waals surface area contributed by atoms with E-state index in [1.807, 2.05) is 22.9 Å². The van der Waals surface area contributed by atoms with Gasteiger partial charge in [0.2, 0.25) is 11.6 Å². The zero-order valence-electron chi connectivity index (χ0n) is 23.3. The number of benzene rings is 2. The zero-order valence-corrected chi connectivity index (χ0v) is 23.3. The molecule has 10 heteroatoms. The molecule has 0 amide bonds. The topological polar surface area (TPSA) is 99.1 Å². The molecule has 0 saturated carbocycles. The number of ether oxygens (including phenoxy) is 1. The van der Waals surface area contributed by atoms with E-state index < -0.39 is 5.82 Å². The summed E-state index contributed by atoms with van der Waals surface area (Å²) in [6, 6.07) is 17.6. The molecule has 1 atom stereocenters. The highest BCUT2D eigenvalue weighted by atomic mass is 19.1. The summed E-state index contributed by atoms with van der Waals surface area (Å²) in [6.45, 7) is 3.10. The largest absolute Gasteiger partial charge is 0.618 e. The number of rotatable bonds is 13. The van der Waals surface area contributed by atoms with Crippen molar-refractivity contribution in [2.75, 3.05) is 18.5 Å². The minimum absolute atomic E-state index is 0.0161. The lowest BCUT2D eigenvalue weighted by molar-refractivity contribution is -0.604. The molecule has 1 unspecified atom stereocenters. The maximum absolute atomic E-state index is 15.2. The molecular formula is C32H33F2N5O3.